The van der Waals surface area contributed by atoms with Gasteiger partial charge in [-0.1, -0.05) is 12.5 Å². The van der Waals surface area contributed by atoms with Crippen LogP contribution in [0.5, 0.6) is 5.75 Å². The first-order valence-corrected chi connectivity index (χ1v) is 10.5. The summed E-state index contributed by atoms with van der Waals surface area (Å²) >= 11 is 0. The van der Waals surface area contributed by atoms with Crippen LogP contribution in [0.15, 0.2) is 29.2 Å². The zero-order chi connectivity index (χ0) is 19.2. The Morgan fingerprint density at radius 1 is 1.19 bits per heavy atom. The van der Waals surface area contributed by atoms with Crippen molar-refractivity contribution in [3.05, 3.63) is 29.8 Å². The topological polar surface area (TPSA) is 66.9 Å². The minimum atomic E-state index is -3.61. The molecule has 1 aliphatic heterocycles. The zero-order valence-electron chi connectivity index (χ0n) is 15.8. The molecule has 1 amide bonds. The van der Waals surface area contributed by atoms with Crippen molar-refractivity contribution < 1.29 is 17.9 Å². The monoisotopic (exact) mass is 380 g/mol. The SMILES string of the molecule is CCN(CC)C(=O)/C=C/c1ccc(OC)c(S(=O)(=O)N2CCCCC2)c1. The molecule has 1 aromatic carbocycles. The number of sulfonamides is 1. The van der Waals surface area contributed by atoms with E-state index in [0.717, 1.165) is 19.3 Å². The average molecular weight is 381 g/mol. The Morgan fingerprint density at radius 2 is 1.85 bits per heavy atom. The van der Waals surface area contributed by atoms with Gasteiger partial charge in [-0.15, -0.1) is 0 Å². The van der Waals surface area contributed by atoms with Crippen LogP contribution in [0.3, 0.4) is 0 Å². The van der Waals surface area contributed by atoms with E-state index in [2.05, 4.69) is 0 Å². The maximum absolute atomic E-state index is 13.0. The lowest BCUT2D eigenvalue weighted by Gasteiger charge is -2.26. The van der Waals surface area contributed by atoms with Crippen LogP contribution in [-0.4, -0.2) is 56.8 Å². The van der Waals surface area contributed by atoms with Gasteiger partial charge in [-0.25, -0.2) is 8.42 Å². The van der Waals surface area contributed by atoms with Crippen molar-refractivity contribution in [2.24, 2.45) is 0 Å². The summed E-state index contributed by atoms with van der Waals surface area (Å²) in [6, 6.07) is 4.97. The summed E-state index contributed by atoms with van der Waals surface area (Å²) in [6.45, 7) is 6.18. The number of nitrogens with zero attached hydrogens (tertiary/aromatic N) is 2. The Bertz CT molecular complexity index is 749. The second-order valence-electron chi connectivity index (χ2n) is 6.22. The van der Waals surface area contributed by atoms with Crippen LogP contribution in [0, 0.1) is 0 Å². The fourth-order valence-electron chi connectivity index (χ4n) is 3.05. The second-order valence-corrected chi connectivity index (χ2v) is 8.13. The third-order valence-electron chi connectivity index (χ3n) is 4.61. The molecule has 0 unspecified atom stereocenters. The molecule has 1 heterocycles. The van der Waals surface area contributed by atoms with Crippen molar-refractivity contribution in [2.75, 3.05) is 33.3 Å². The number of amides is 1. The summed E-state index contributed by atoms with van der Waals surface area (Å²) in [7, 11) is -2.15. The molecule has 1 aromatic rings. The largest absolute Gasteiger partial charge is 0.495 e. The number of carbonyl (C=O) groups is 1. The van der Waals surface area contributed by atoms with Crippen LogP contribution in [0.25, 0.3) is 6.08 Å². The van der Waals surface area contributed by atoms with Gasteiger partial charge in [0.25, 0.3) is 0 Å². The lowest BCUT2D eigenvalue weighted by molar-refractivity contribution is -0.125. The molecule has 6 nitrogen and oxygen atoms in total. The van der Waals surface area contributed by atoms with Gasteiger partial charge >= 0.3 is 0 Å². The molecule has 0 aromatic heterocycles. The van der Waals surface area contributed by atoms with E-state index in [4.69, 9.17) is 4.74 Å². The number of methoxy groups -OCH3 is 1. The molecule has 0 saturated carbocycles. The number of ether oxygens (including phenoxy) is 1. The fraction of sp³-hybridized carbons (Fsp3) is 0.526. The Morgan fingerprint density at radius 3 is 2.42 bits per heavy atom. The predicted molar refractivity (Wildman–Crippen MR) is 103 cm³/mol. The Kier molecular flexibility index (Phi) is 7.23. The van der Waals surface area contributed by atoms with Gasteiger partial charge < -0.3 is 9.64 Å². The molecule has 0 atom stereocenters. The van der Waals surface area contributed by atoms with Crippen LogP contribution in [0.2, 0.25) is 0 Å². The van der Waals surface area contributed by atoms with Crippen molar-refractivity contribution in [2.45, 2.75) is 38.0 Å². The third-order valence-corrected chi connectivity index (χ3v) is 6.53. The van der Waals surface area contributed by atoms with Gasteiger partial charge in [0.15, 0.2) is 0 Å². The van der Waals surface area contributed by atoms with E-state index in [1.807, 2.05) is 13.8 Å². The first-order chi connectivity index (χ1) is 12.4. The standard InChI is InChI=1S/C19H28N2O4S/c1-4-20(5-2)19(22)12-10-16-9-11-17(25-3)18(15-16)26(23,24)21-13-7-6-8-14-21/h9-12,15H,4-8,13-14H2,1-3H3/b12-10+. The molecule has 1 fully saturated rings. The minimum absolute atomic E-state index is 0.0914. The van der Waals surface area contributed by atoms with E-state index in [9.17, 15) is 13.2 Å². The summed E-state index contributed by atoms with van der Waals surface area (Å²) in [4.78, 5) is 14.0. The van der Waals surface area contributed by atoms with E-state index in [-0.39, 0.29) is 10.8 Å². The van der Waals surface area contributed by atoms with Crippen LogP contribution in [0.1, 0.15) is 38.7 Å². The maximum atomic E-state index is 13.0. The molecule has 26 heavy (non-hydrogen) atoms. The van der Waals surface area contributed by atoms with E-state index >= 15 is 0 Å². The van der Waals surface area contributed by atoms with Crippen LogP contribution >= 0.6 is 0 Å². The van der Waals surface area contributed by atoms with E-state index in [1.165, 1.54) is 17.5 Å². The normalized spacial score (nSPS) is 16.0. The Labute approximate surface area is 156 Å². The first kappa shape index (κ1) is 20.5. The molecule has 2 rings (SSSR count). The van der Waals surface area contributed by atoms with Crippen LogP contribution in [0.4, 0.5) is 0 Å². The van der Waals surface area contributed by atoms with Crippen molar-refractivity contribution >= 4 is 22.0 Å². The van der Waals surface area contributed by atoms with Crippen molar-refractivity contribution in [3.63, 3.8) is 0 Å². The number of carbonyl (C=O) groups excluding carboxylic acids is 1. The van der Waals surface area contributed by atoms with Gasteiger partial charge in [0.05, 0.1) is 7.11 Å². The third kappa shape index (κ3) is 4.65. The number of benzene rings is 1. The number of rotatable bonds is 7. The zero-order valence-corrected chi connectivity index (χ0v) is 16.6. The minimum Gasteiger partial charge on any atom is -0.495 e. The summed E-state index contributed by atoms with van der Waals surface area (Å²) in [5, 5.41) is 0. The Balaban J connectivity index is 2.32. The summed E-state index contributed by atoms with van der Waals surface area (Å²) in [5.41, 5.74) is 0.655. The van der Waals surface area contributed by atoms with E-state index < -0.39 is 10.0 Å². The Hall–Kier alpha value is -1.86. The lowest BCUT2D eigenvalue weighted by Crippen LogP contribution is -2.35. The van der Waals surface area contributed by atoms with Gasteiger partial charge in [0, 0.05) is 32.3 Å². The van der Waals surface area contributed by atoms with Crippen molar-refractivity contribution in [1.82, 2.24) is 9.21 Å². The first-order valence-electron chi connectivity index (χ1n) is 9.09. The maximum Gasteiger partial charge on any atom is 0.246 e. The molecular weight excluding hydrogens is 352 g/mol. The molecule has 0 N–H and O–H groups in total. The molecule has 0 bridgehead atoms. The molecule has 0 aliphatic carbocycles. The van der Waals surface area contributed by atoms with Crippen molar-refractivity contribution in [3.8, 4) is 5.75 Å². The molecule has 1 aliphatic rings. The summed E-state index contributed by atoms with van der Waals surface area (Å²) < 4.78 is 32.8. The molecule has 1 saturated heterocycles. The fourth-order valence-corrected chi connectivity index (χ4v) is 4.76. The number of piperidine rings is 1. The highest BCUT2D eigenvalue weighted by atomic mass is 32.2. The quantitative estimate of drug-likeness (QED) is 0.682. The molecule has 7 heteroatoms. The van der Waals surface area contributed by atoms with Gasteiger partial charge in [-0.3, -0.25) is 4.79 Å². The average Bonchev–Trinajstić information content (AvgIpc) is 2.67. The molecule has 0 radical (unpaired) electrons. The number of hydrogen-bond donors (Lipinski definition) is 0. The highest BCUT2D eigenvalue weighted by molar-refractivity contribution is 7.89. The van der Waals surface area contributed by atoms with Crippen LogP contribution in [-0.2, 0) is 14.8 Å². The molecular formula is C19H28N2O4S. The highest BCUT2D eigenvalue weighted by Crippen LogP contribution is 2.29. The van der Waals surface area contributed by atoms with E-state index in [0.29, 0.717) is 37.5 Å². The lowest BCUT2D eigenvalue weighted by atomic mass is 10.2. The highest BCUT2D eigenvalue weighted by Gasteiger charge is 2.29. The molecule has 144 valence electrons. The molecule has 0 spiro atoms. The number of likely N-dealkylation sites (N-methyl/N-ethyl adjacent to an activating group) is 1. The smallest absolute Gasteiger partial charge is 0.246 e. The summed E-state index contributed by atoms with van der Waals surface area (Å²) in [5.74, 6) is 0.231. The van der Waals surface area contributed by atoms with Gasteiger partial charge in [0.1, 0.15) is 10.6 Å². The predicted octanol–water partition coefficient (Wildman–Crippen LogP) is 2.75. The summed E-state index contributed by atoms with van der Waals surface area (Å²) in [6.07, 6.45) is 5.93. The van der Waals surface area contributed by atoms with E-state index in [1.54, 1.807) is 29.2 Å². The second kappa shape index (κ2) is 9.19. The van der Waals surface area contributed by atoms with Crippen LogP contribution < -0.4 is 4.74 Å². The number of hydrogen-bond acceptors (Lipinski definition) is 4. The van der Waals surface area contributed by atoms with Crippen molar-refractivity contribution in [1.29, 1.82) is 0 Å². The van der Waals surface area contributed by atoms with Gasteiger partial charge in [0.2, 0.25) is 15.9 Å². The van der Waals surface area contributed by atoms with Gasteiger partial charge in [-0.2, -0.15) is 4.31 Å². The van der Waals surface area contributed by atoms with Gasteiger partial charge in [-0.05, 0) is 50.5 Å².